The van der Waals surface area contributed by atoms with E-state index in [1.807, 2.05) is 6.07 Å². The van der Waals surface area contributed by atoms with E-state index in [9.17, 15) is 23.2 Å². The Morgan fingerprint density at radius 3 is 2.40 bits per heavy atom. The lowest BCUT2D eigenvalue weighted by Crippen LogP contribution is -2.30. The predicted molar refractivity (Wildman–Crippen MR) is 82.2 cm³/mol. The Kier molecular flexibility index (Phi) is 4.13. The fraction of sp³-hybridized carbons (Fsp3) is 0.222. The van der Waals surface area contributed by atoms with Crippen LogP contribution in [-0.2, 0) is 0 Å². The SMILES string of the molecule is COc1ccc(C(C)N2C(=O)c3c(cc(F)c(F)c3F)C2C#N)cc1. The van der Waals surface area contributed by atoms with Crippen molar-refractivity contribution in [3.8, 4) is 11.8 Å². The van der Waals surface area contributed by atoms with Gasteiger partial charge in [-0.25, -0.2) is 13.2 Å². The van der Waals surface area contributed by atoms with Crippen LogP contribution in [0.25, 0.3) is 0 Å². The molecule has 4 nitrogen and oxygen atoms in total. The third-order valence-electron chi connectivity index (χ3n) is 4.35. The van der Waals surface area contributed by atoms with Gasteiger partial charge in [0, 0.05) is 5.56 Å². The molecule has 1 amide bonds. The minimum atomic E-state index is -1.72. The molecule has 1 aliphatic heterocycles. The zero-order chi connectivity index (χ0) is 18.3. The average Bonchev–Trinajstić information content (AvgIpc) is 2.90. The number of benzene rings is 2. The summed E-state index contributed by atoms with van der Waals surface area (Å²) in [4.78, 5) is 13.7. The van der Waals surface area contributed by atoms with E-state index < -0.39 is 41.0 Å². The number of nitrogens with zero attached hydrogens (tertiary/aromatic N) is 2. The van der Waals surface area contributed by atoms with Crippen molar-refractivity contribution >= 4 is 5.91 Å². The molecule has 0 bridgehead atoms. The van der Waals surface area contributed by atoms with Gasteiger partial charge in [-0.05, 0) is 30.7 Å². The third kappa shape index (κ3) is 2.50. The average molecular weight is 346 g/mol. The number of amides is 1. The molecule has 0 saturated carbocycles. The zero-order valence-corrected chi connectivity index (χ0v) is 13.4. The minimum absolute atomic E-state index is 0.163. The smallest absolute Gasteiger partial charge is 0.259 e. The van der Waals surface area contributed by atoms with Crippen LogP contribution in [0.5, 0.6) is 5.75 Å². The monoisotopic (exact) mass is 346 g/mol. The highest BCUT2D eigenvalue weighted by Gasteiger charge is 2.43. The van der Waals surface area contributed by atoms with Crippen molar-refractivity contribution < 1.29 is 22.7 Å². The zero-order valence-electron chi connectivity index (χ0n) is 13.4. The van der Waals surface area contributed by atoms with Gasteiger partial charge in [-0.1, -0.05) is 12.1 Å². The number of carbonyl (C=O) groups is 1. The molecule has 25 heavy (non-hydrogen) atoms. The minimum Gasteiger partial charge on any atom is -0.497 e. The molecule has 0 N–H and O–H groups in total. The molecule has 7 heteroatoms. The Bertz CT molecular complexity index is 891. The highest BCUT2D eigenvalue weighted by Crippen LogP contribution is 2.41. The first-order valence-corrected chi connectivity index (χ1v) is 7.44. The first kappa shape index (κ1) is 16.8. The second-order valence-electron chi connectivity index (χ2n) is 5.64. The molecule has 2 aromatic rings. The van der Waals surface area contributed by atoms with Gasteiger partial charge in [-0.2, -0.15) is 5.26 Å². The maximum absolute atomic E-state index is 14.1. The molecule has 2 unspecified atom stereocenters. The molecule has 2 atom stereocenters. The molecule has 1 aliphatic rings. The van der Waals surface area contributed by atoms with Gasteiger partial charge >= 0.3 is 0 Å². The molecule has 1 heterocycles. The molecular formula is C18H13F3N2O2. The van der Waals surface area contributed by atoms with Gasteiger partial charge in [-0.3, -0.25) is 4.79 Å². The van der Waals surface area contributed by atoms with Gasteiger partial charge in [-0.15, -0.1) is 0 Å². The molecular weight excluding hydrogens is 333 g/mol. The van der Waals surface area contributed by atoms with E-state index in [1.165, 1.54) is 7.11 Å². The first-order chi connectivity index (χ1) is 11.9. The van der Waals surface area contributed by atoms with Crippen LogP contribution in [0, 0.1) is 28.8 Å². The topological polar surface area (TPSA) is 53.3 Å². The standard InChI is InChI=1S/C18H13F3N2O2/c1-9(10-3-5-11(25-2)6-4-10)23-14(8-22)12-7-13(19)16(20)17(21)15(12)18(23)24/h3-7,9,14H,1-2H3. The lowest BCUT2D eigenvalue weighted by molar-refractivity contribution is 0.0683. The predicted octanol–water partition coefficient (Wildman–Crippen LogP) is 3.89. The lowest BCUT2D eigenvalue weighted by Gasteiger charge is -2.28. The number of fused-ring (bicyclic) bond motifs is 1. The fourth-order valence-electron chi connectivity index (χ4n) is 3.02. The Morgan fingerprint density at radius 1 is 1.20 bits per heavy atom. The molecule has 0 aliphatic carbocycles. The van der Waals surface area contributed by atoms with Crippen LogP contribution in [0.1, 0.15) is 40.5 Å². The highest BCUT2D eigenvalue weighted by atomic mass is 19.2. The summed E-state index contributed by atoms with van der Waals surface area (Å²) < 4.78 is 46.2. The molecule has 3 rings (SSSR count). The molecule has 0 aromatic heterocycles. The van der Waals surface area contributed by atoms with Crippen molar-refractivity contribution in [3.05, 3.63) is 64.5 Å². The van der Waals surface area contributed by atoms with Crippen LogP contribution in [0.2, 0.25) is 0 Å². The van der Waals surface area contributed by atoms with Gasteiger partial charge in [0.1, 0.15) is 11.8 Å². The number of methoxy groups -OCH3 is 1. The molecule has 128 valence electrons. The van der Waals surface area contributed by atoms with Gasteiger partial charge in [0.15, 0.2) is 17.5 Å². The number of hydrogen-bond acceptors (Lipinski definition) is 3. The number of halogens is 3. The summed E-state index contributed by atoms with van der Waals surface area (Å²) in [5.41, 5.74) is -0.0846. The van der Waals surface area contributed by atoms with Crippen LogP contribution in [0.3, 0.4) is 0 Å². The first-order valence-electron chi connectivity index (χ1n) is 7.44. The van der Waals surface area contributed by atoms with Crippen LogP contribution in [0.4, 0.5) is 13.2 Å². The van der Waals surface area contributed by atoms with E-state index >= 15 is 0 Å². The van der Waals surface area contributed by atoms with E-state index in [2.05, 4.69) is 0 Å². The van der Waals surface area contributed by atoms with Gasteiger partial charge in [0.25, 0.3) is 5.91 Å². The summed E-state index contributed by atoms with van der Waals surface area (Å²) in [6.07, 6.45) is 0. The van der Waals surface area contributed by atoms with Crippen molar-refractivity contribution in [2.45, 2.75) is 19.0 Å². The molecule has 0 radical (unpaired) electrons. The van der Waals surface area contributed by atoms with Crippen LogP contribution < -0.4 is 4.74 Å². The number of rotatable bonds is 3. The number of nitriles is 1. The molecule has 0 fully saturated rings. The van der Waals surface area contributed by atoms with Crippen molar-refractivity contribution in [2.24, 2.45) is 0 Å². The van der Waals surface area contributed by atoms with Crippen LogP contribution in [-0.4, -0.2) is 17.9 Å². The maximum atomic E-state index is 14.1. The Morgan fingerprint density at radius 2 is 1.84 bits per heavy atom. The maximum Gasteiger partial charge on any atom is 0.259 e. The molecule has 2 aromatic carbocycles. The third-order valence-corrected chi connectivity index (χ3v) is 4.35. The summed E-state index contributed by atoms with van der Waals surface area (Å²) in [5.74, 6) is -4.95. The lowest BCUT2D eigenvalue weighted by atomic mass is 10.0. The van der Waals surface area contributed by atoms with E-state index in [0.29, 0.717) is 17.4 Å². The quantitative estimate of drug-likeness (QED) is 0.792. The van der Waals surface area contributed by atoms with Crippen LogP contribution >= 0.6 is 0 Å². The Hall–Kier alpha value is -3.01. The Labute approximate surface area is 142 Å². The second-order valence-corrected chi connectivity index (χ2v) is 5.64. The van der Waals surface area contributed by atoms with Crippen molar-refractivity contribution in [2.75, 3.05) is 7.11 Å². The normalized spacial score (nSPS) is 17.2. The Balaban J connectivity index is 2.06. The van der Waals surface area contributed by atoms with Crippen molar-refractivity contribution in [1.82, 2.24) is 4.90 Å². The van der Waals surface area contributed by atoms with Gasteiger partial charge in [0.2, 0.25) is 0 Å². The summed E-state index contributed by atoms with van der Waals surface area (Å²) in [5, 5.41) is 9.43. The van der Waals surface area contributed by atoms with Gasteiger partial charge < -0.3 is 9.64 Å². The summed E-state index contributed by atoms with van der Waals surface area (Å²) >= 11 is 0. The van der Waals surface area contributed by atoms with E-state index in [-0.39, 0.29) is 5.56 Å². The van der Waals surface area contributed by atoms with Crippen LogP contribution in [0.15, 0.2) is 30.3 Å². The van der Waals surface area contributed by atoms with Crippen molar-refractivity contribution in [1.29, 1.82) is 5.26 Å². The summed E-state index contributed by atoms with van der Waals surface area (Å²) in [7, 11) is 1.51. The van der Waals surface area contributed by atoms with Gasteiger partial charge in [0.05, 0.1) is 24.8 Å². The van der Waals surface area contributed by atoms with Crippen molar-refractivity contribution in [3.63, 3.8) is 0 Å². The number of hydrogen-bond donors (Lipinski definition) is 0. The largest absolute Gasteiger partial charge is 0.497 e. The fourth-order valence-corrected chi connectivity index (χ4v) is 3.02. The second kappa shape index (κ2) is 6.13. The van der Waals surface area contributed by atoms with E-state index in [0.717, 1.165) is 4.90 Å². The number of ether oxygens (including phenoxy) is 1. The van der Waals surface area contributed by atoms with E-state index in [4.69, 9.17) is 4.74 Å². The van der Waals surface area contributed by atoms with E-state index in [1.54, 1.807) is 31.2 Å². The molecule has 0 saturated heterocycles. The summed E-state index contributed by atoms with van der Waals surface area (Å²) in [6, 6.07) is 7.53. The molecule has 0 spiro atoms. The summed E-state index contributed by atoms with van der Waals surface area (Å²) in [6.45, 7) is 1.65. The highest BCUT2D eigenvalue weighted by molar-refractivity contribution is 6.00. The number of carbonyl (C=O) groups excluding carboxylic acids is 1.